The highest BCUT2D eigenvalue weighted by Crippen LogP contribution is 2.23. The van der Waals surface area contributed by atoms with Crippen LogP contribution in [0.25, 0.3) is 0 Å². The maximum atomic E-state index is 11.6. The van der Waals surface area contributed by atoms with Crippen LogP contribution in [0.5, 0.6) is 0 Å². The van der Waals surface area contributed by atoms with E-state index in [2.05, 4.69) is 22.5 Å². The minimum absolute atomic E-state index is 0.408. The van der Waals surface area contributed by atoms with Crippen LogP contribution in [0.4, 0.5) is 5.69 Å². The van der Waals surface area contributed by atoms with Crippen molar-refractivity contribution >= 4 is 40.6 Å². The summed E-state index contributed by atoms with van der Waals surface area (Å²) in [6, 6.07) is 4.91. The Labute approximate surface area is 160 Å². The van der Waals surface area contributed by atoms with Gasteiger partial charge in [0, 0.05) is 13.1 Å². The van der Waals surface area contributed by atoms with Crippen LogP contribution >= 0.6 is 23.8 Å². The number of carbonyl (C=O) groups excluding carboxylic acids is 1. The van der Waals surface area contributed by atoms with Crippen molar-refractivity contribution in [1.29, 1.82) is 0 Å². The molecule has 0 spiro atoms. The summed E-state index contributed by atoms with van der Waals surface area (Å²) in [7, 11) is 1.35. The highest BCUT2D eigenvalue weighted by molar-refractivity contribution is 7.80. The van der Waals surface area contributed by atoms with Crippen molar-refractivity contribution in [2.45, 2.75) is 26.2 Å². The fraction of sp³-hybridized carbons (Fsp3) is 0.556. The van der Waals surface area contributed by atoms with Crippen LogP contribution in [-0.4, -0.2) is 49.3 Å². The van der Waals surface area contributed by atoms with Gasteiger partial charge in [0.25, 0.3) is 0 Å². The van der Waals surface area contributed by atoms with Gasteiger partial charge in [0.2, 0.25) is 0 Å². The lowest BCUT2D eigenvalue weighted by Gasteiger charge is -2.30. The molecule has 0 aliphatic carbocycles. The number of methoxy groups -OCH3 is 1. The van der Waals surface area contributed by atoms with Gasteiger partial charge in [-0.2, -0.15) is 0 Å². The molecule has 0 radical (unpaired) electrons. The number of likely N-dealkylation sites (tertiary alicyclic amines) is 1. The predicted molar refractivity (Wildman–Crippen MR) is 106 cm³/mol. The quantitative estimate of drug-likeness (QED) is 0.445. The lowest BCUT2D eigenvalue weighted by Crippen LogP contribution is -2.37. The Bertz CT molecular complexity index is 612. The van der Waals surface area contributed by atoms with E-state index in [0.717, 1.165) is 25.4 Å². The van der Waals surface area contributed by atoms with Gasteiger partial charge < -0.3 is 20.3 Å². The van der Waals surface area contributed by atoms with Crippen molar-refractivity contribution in [3.8, 4) is 0 Å². The second-order valence-corrected chi connectivity index (χ2v) is 7.28. The SMILES string of the molecule is COC(=O)c1ccc(Cl)c(NC(=S)NCCCN2CCC[C@@H](C)C2)c1. The maximum absolute atomic E-state index is 11.6. The average molecular weight is 384 g/mol. The minimum Gasteiger partial charge on any atom is -0.465 e. The molecular weight excluding hydrogens is 358 g/mol. The normalized spacial score (nSPS) is 17.8. The summed E-state index contributed by atoms with van der Waals surface area (Å²) in [4.78, 5) is 14.1. The first-order valence-electron chi connectivity index (χ1n) is 8.64. The monoisotopic (exact) mass is 383 g/mol. The average Bonchev–Trinajstić information content (AvgIpc) is 2.60. The zero-order valence-electron chi connectivity index (χ0n) is 14.8. The van der Waals surface area contributed by atoms with Gasteiger partial charge in [-0.3, -0.25) is 0 Å². The molecule has 1 atom stereocenters. The number of rotatable bonds is 6. The molecule has 1 heterocycles. The van der Waals surface area contributed by atoms with Gasteiger partial charge >= 0.3 is 5.97 Å². The first-order valence-corrected chi connectivity index (χ1v) is 9.43. The second-order valence-electron chi connectivity index (χ2n) is 6.47. The molecule has 0 saturated carbocycles. The minimum atomic E-state index is -0.408. The number of halogens is 1. The Kier molecular flexibility index (Phi) is 7.93. The molecule has 0 bridgehead atoms. The Hall–Kier alpha value is -1.37. The van der Waals surface area contributed by atoms with E-state index in [1.165, 1.54) is 33.0 Å². The lowest BCUT2D eigenvalue weighted by molar-refractivity contribution is 0.0601. The molecule has 0 unspecified atom stereocenters. The number of ether oxygens (including phenoxy) is 1. The summed E-state index contributed by atoms with van der Waals surface area (Å²) >= 11 is 11.5. The predicted octanol–water partition coefficient (Wildman–Crippen LogP) is 3.54. The van der Waals surface area contributed by atoms with E-state index in [-0.39, 0.29) is 0 Å². The van der Waals surface area contributed by atoms with Gasteiger partial charge in [-0.05, 0) is 68.7 Å². The fourth-order valence-corrected chi connectivity index (χ4v) is 3.40. The molecule has 2 N–H and O–H groups in total. The van der Waals surface area contributed by atoms with E-state index in [1.807, 2.05) is 0 Å². The molecule has 0 amide bonds. The van der Waals surface area contributed by atoms with Crippen LogP contribution in [0.3, 0.4) is 0 Å². The zero-order valence-corrected chi connectivity index (χ0v) is 16.4. The molecular formula is C18H26ClN3O2S. The third-order valence-electron chi connectivity index (χ3n) is 4.31. The van der Waals surface area contributed by atoms with Crippen LogP contribution in [0.2, 0.25) is 5.02 Å². The van der Waals surface area contributed by atoms with Crippen LogP contribution in [0, 0.1) is 5.92 Å². The van der Waals surface area contributed by atoms with Gasteiger partial charge in [-0.25, -0.2) is 4.79 Å². The Balaban J connectivity index is 1.75. The molecule has 2 rings (SSSR count). The number of anilines is 1. The van der Waals surface area contributed by atoms with Gasteiger partial charge in [0.15, 0.2) is 5.11 Å². The molecule has 1 saturated heterocycles. The molecule has 25 heavy (non-hydrogen) atoms. The van der Waals surface area contributed by atoms with Gasteiger partial charge in [-0.1, -0.05) is 18.5 Å². The van der Waals surface area contributed by atoms with Crippen molar-refractivity contribution in [3.63, 3.8) is 0 Å². The van der Waals surface area contributed by atoms with Gasteiger partial charge in [0.1, 0.15) is 0 Å². The highest BCUT2D eigenvalue weighted by Gasteiger charge is 2.15. The molecule has 0 aromatic heterocycles. The summed E-state index contributed by atoms with van der Waals surface area (Å²) in [5.41, 5.74) is 1.02. The van der Waals surface area contributed by atoms with Crippen molar-refractivity contribution in [2.24, 2.45) is 5.92 Å². The summed E-state index contributed by atoms with van der Waals surface area (Å²) < 4.78 is 4.72. The number of nitrogens with one attached hydrogen (secondary N) is 2. The van der Waals surface area contributed by atoms with E-state index in [9.17, 15) is 4.79 Å². The Morgan fingerprint density at radius 3 is 3.00 bits per heavy atom. The van der Waals surface area contributed by atoms with E-state index in [0.29, 0.717) is 21.4 Å². The Morgan fingerprint density at radius 1 is 1.48 bits per heavy atom. The van der Waals surface area contributed by atoms with Gasteiger partial charge in [-0.15, -0.1) is 0 Å². The van der Waals surface area contributed by atoms with Crippen molar-refractivity contribution in [3.05, 3.63) is 28.8 Å². The molecule has 1 aliphatic heterocycles. The van der Waals surface area contributed by atoms with Crippen LogP contribution in [0.1, 0.15) is 36.5 Å². The third-order valence-corrected chi connectivity index (χ3v) is 4.89. The molecule has 1 aromatic carbocycles. The molecule has 5 nitrogen and oxygen atoms in total. The number of esters is 1. The highest BCUT2D eigenvalue weighted by atomic mass is 35.5. The topological polar surface area (TPSA) is 53.6 Å². The van der Waals surface area contributed by atoms with Crippen molar-refractivity contribution < 1.29 is 9.53 Å². The standard InChI is InChI=1S/C18H26ClN3O2S/c1-13-5-3-9-22(12-13)10-4-8-20-18(25)21-16-11-14(17(23)24-2)6-7-15(16)19/h6-7,11,13H,3-5,8-10,12H2,1-2H3,(H2,20,21,25)/t13-/m1/s1. The number of hydrogen-bond donors (Lipinski definition) is 2. The number of nitrogens with zero attached hydrogens (tertiary/aromatic N) is 1. The van der Waals surface area contributed by atoms with Crippen molar-refractivity contribution in [1.82, 2.24) is 10.2 Å². The molecule has 1 fully saturated rings. The van der Waals surface area contributed by atoms with Crippen LogP contribution in [-0.2, 0) is 4.74 Å². The molecule has 1 aromatic rings. The smallest absolute Gasteiger partial charge is 0.337 e. The van der Waals surface area contributed by atoms with Crippen molar-refractivity contribution in [2.75, 3.05) is 38.6 Å². The molecule has 1 aliphatic rings. The number of carbonyl (C=O) groups is 1. The molecule has 7 heteroatoms. The third kappa shape index (κ3) is 6.45. The first-order chi connectivity index (χ1) is 12.0. The van der Waals surface area contributed by atoms with Crippen LogP contribution < -0.4 is 10.6 Å². The lowest BCUT2D eigenvalue weighted by atomic mass is 10.0. The number of thiocarbonyl (C=S) groups is 1. The summed E-state index contributed by atoms with van der Waals surface area (Å²) in [5, 5.41) is 7.23. The fourth-order valence-electron chi connectivity index (χ4n) is 3.03. The molecule has 138 valence electrons. The number of piperidine rings is 1. The number of benzene rings is 1. The first kappa shape index (κ1) is 19.9. The van der Waals surface area contributed by atoms with E-state index in [1.54, 1.807) is 18.2 Å². The summed E-state index contributed by atoms with van der Waals surface area (Å²) in [6.07, 6.45) is 3.67. The van der Waals surface area contributed by atoms with Gasteiger partial charge in [0.05, 0.1) is 23.4 Å². The van der Waals surface area contributed by atoms with E-state index >= 15 is 0 Å². The van der Waals surface area contributed by atoms with E-state index < -0.39 is 5.97 Å². The van der Waals surface area contributed by atoms with E-state index in [4.69, 9.17) is 28.6 Å². The second kappa shape index (κ2) is 9.94. The summed E-state index contributed by atoms with van der Waals surface area (Å²) in [6.45, 7) is 6.58. The van der Waals surface area contributed by atoms with Crippen LogP contribution in [0.15, 0.2) is 18.2 Å². The summed E-state index contributed by atoms with van der Waals surface area (Å²) in [5.74, 6) is 0.392. The zero-order chi connectivity index (χ0) is 18.2. The largest absolute Gasteiger partial charge is 0.465 e. The Morgan fingerprint density at radius 2 is 2.28 bits per heavy atom. The maximum Gasteiger partial charge on any atom is 0.337 e. The number of hydrogen-bond acceptors (Lipinski definition) is 4.